The first-order valence-electron chi connectivity index (χ1n) is 10.1. The number of hydrogen-bond donors (Lipinski definition) is 1. The molecule has 1 aliphatic rings. The van der Waals surface area contributed by atoms with Crippen LogP contribution >= 0.6 is 11.3 Å². The summed E-state index contributed by atoms with van der Waals surface area (Å²) in [5.74, 6) is 0.972. The Balaban J connectivity index is 1.62. The van der Waals surface area contributed by atoms with Crippen molar-refractivity contribution in [3.63, 3.8) is 0 Å². The lowest BCUT2D eigenvalue weighted by Crippen LogP contribution is -2.34. The summed E-state index contributed by atoms with van der Waals surface area (Å²) in [5, 5.41) is 15.5. The lowest BCUT2D eigenvalue weighted by Gasteiger charge is -2.35. The van der Waals surface area contributed by atoms with Crippen LogP contribution in [0.5, 0.6) is 5.88 Å². The van der Waals surface area contributed by atoms with Gasteiger partial charge in [-0.05, 0) is 30.0 Å². The fourth-order valence-electron chi connectivity index (χ4n) is 4.22. The molecule has 0 bridgehead atoms. The highest BCUT2D eigenvalue weighted by Gasteiger charge is 2.31. The van der Waals surface area contributed by atoms with Crippen molar-refractivity contribution >= 4 is 16.3 Å². The molecule has 1 aliphatic heterocycles. The molecule has 3 heterocycles. The van der Waals surface area contributed by atoms with Gasteiger partial charge in [0.15, 0.2) is 5.82 Å². The topological polar surface area (TPSA) is 53.7 Å². The number of aromatic nitrogens is 3. The van der Waals surface area contributed by atoms with Crippen molar-refractivity contribution in [3.05, 3.63) is 81.5 Å². The molecule has 0 saturated carbocycles. The molecule has 2 aromatic carbocycles. The van der Waals surface area contributed by atoms with Gasteiger partial charge in [0, 0.05) is 19.5 Å². The zero-order valence-corrected chi connectivity index (χ0v) is 17.5. The summed E-state index contributed by atoms with van der Waals surface area (Å²) in [5.41, 5.74) is 5.20. The third kappa shape index (κ3) is 3.22. The van der Waals surface area contributed by atoms with Gasteiger partial charge in [-0.25, -0.2) is 4.98 Å². The standard InChI is InChI=1S/C23H24N4OS/c1-3-19-24-23-27(25-19)22(28)21(29-23)20(17-10-6-7-15(2)13-17)26-12-11-16-8-4-5-9-18(16)14-26/h4-10,13,20,28H,3,11-12,14H2,1-2H3/t20-/m1/s1. The molecule has 0 aliphatic carbocycles. The second-order valence-corrected chi connectivity index (χ2v) is 8.68. The Morgan fingerprint density at radius 3 is 2.72 bits per heavy atom. The average Bonchev–Trinajstić information content (AvgIpc) is 3.27. The summed E-state index contributed by atoms with van der Waals surface area (Å²) < 4.78 is 1.60. The molecule has 0 saturated heterocycles. The van der Waals surface area contributed by atoms with E-state index < -0.39 is 0 Å². The third-order valence-corrected chi connectivity index (χ3v) is 6.76. The van der Waals surface area contributed by atoms with E-state index in [1.807, 2.05) is 6.92 Å². The van der Waals surface area contributed by atoms with Gasteiger partial charge < -0.3 is 5.11 Å². The molecule has 4 aromatic rings. The maximum atomic E-state index is 11.1. The number of nitrogens with zero attached hydrogens (tertiary/aromatic N) is 4. The predicted molar refractivity (Wildman–Crippen MR) is 115 cm³/mol. The number of rotatable bonds is 4. The molecule has 0 unspecified atom stereocenters. The predicted octanol–water partition coefficient (Wildman–Crippen LogP) is 4.51. The van der Waals surface area contributed by atoms with Gasteiger partial charge in [-0.15, -0.1) is 5.10 Å². The molecule has 6 heteroatoms. The maximum Gasteiger partial charge on any atom is 0.230 e. The SMILES string of the molecule is CCc1nc2sc([C@@H](c3cccc(C)c3)N3CCc4ccccc4C3)c(O)n2n1. The van der Waals surface area contributed by atoms with E-state index in [1.165, 1.54) is 22.3 Å². The highest BCUT2D eigenvalue weighted by atomic mass is 32.1. The minimum Gasteiger partial charge on any atom is -0.492 e. The van der Waals surface area contributed by atoms with Gasteiger partial charge in [0.25, 0.3) is 0 Å². The van der Waals surface area contributed by atoms with Crippen molar-refractivity contribution < 1.29 is 5.11 Å². The Labute approximate surface area is 174 Å². The molecule has 148 valence electrons. The van der Waals surface area contributed by atoms with Crippen molar-refractivity contribution in [2.45, 2.75) is 39.3 Å². The zero-order valence-electron chi connectivity index (χ0n) is 16.7. The molecule has 2 aromatic heterocycles. The van der Waals surface area contributed by atoms with E-state index in [-0.39, 0.29) is 11.9 Å². The molecule has 0 fully saturated rings. The van der Waals surface area contributed by atoms with Gasteiger partial charge >= 0.3 is 0 Å². The Bertz CT molecular complexity index is 1180. The van der Waals surface area contributed by atoms with Crippen LogP contribution in [0.3, 0.4) is 0 Å². The van der Waals surface area contributed by atoms with E-state index in [1.54, 1.807) is 15.9 Å². The number of hydrogen-bond acceptors (Lipinski definition) is 5. The number of fused-ring (bicyclic) bond motifs is 2. The lowest BCUT2D eigenvalue weighted by atomic mass is 9.95. The average molecular weight is 405 g/mol. The Morgan fingerprint density at radius 2 is 1.97 bits per heavy atom. The van der Waals surface area contributed by atoms with E-state index in [0.717, 1.165) is 41.6 Å². The molecular formula is C23H24N4OS. The second-order valence-electron chi connectivity index (χ2n) is 7.67. The van der Waals surface area contributed by atoms with E-state index >= 15 is 0 Å². The first-order valence-corrected chi connectivity index (χ1v) is 10.9. The molecule has 0 amide bonds. The fraction of sp³-hybridized carbons (Fsp3) is 0.304. The number of aryl methyl sites for hydroxylation is 2. The number of thiazole rings is 1. The van der Waals surface area contributed by atoms with Crippen LogP contribution in [-0.2, 0) is 19.4 Å². The lowest BCUT2D eigenvalue weighted by molar-refractivity contribution is 0.205. The van der Waals surface area contributed by atoms with Gasteiger partial charge in [0.05, 0.1) is 10.9 Å². The van der Waals surface area contributed by atoms with Crippen LogP contribution in [0.4, 0.5) is 0 Å². The zero-order chi connectivity index (χ0) is 20.0. The van der Waals surface area contributed by atoms with Crippen LogP contribution in [0.1, 0.15) is 45.9 Å². The molecule has 5 rings (SSSR count). The number of benzene rings is 2. The van der Waals surface area contributed by atoms with Crippen molar-refractivity contribution in [2.24, 2.45) is 0 Å². The van der Waals surface area contributed by atoms with Crippen LogP contribution in [-0.4, -0.2) is 31.1 Å². The summed E-state index contributed by atoms with van der Waals surface area (Å²) in [6.45, 7) is 5.95. The van der Waals surface area contributed by atoms with E-state index in [4.69, 9.17) is 0 Å². The third-order valence-electron chi connectivity index (χ3n) is 5.69. The van der Waals surface area contributed by atoms with Gasteiger partial charge in [-0.2, -0.15) is 4.52 Å². The first-order chi connectivity index (χ1) is 14.1. The van der Waals surface area contributed by atoms with Gasteiger partial charge in [-0.1, -0.05) is 72.4 Å². The van der Waals surface area contributed by atoms with Crippen LogP contribution < -0.4 is 0 Å². The smallest absolute Gasteiger partial charge is 0.230 e. The largest absolute Gasteiger partial charge is 0.492 e. The second kappa shape index (κ2) is 7.28. The Hall–Kier alpha value is -2.70. The highest BCUT2D eigenvalue weighted by molar-refractivity contribution is 7.17. The van der Waals surface area contributed by atoms with E-state index in [9.17, 15) is 5.11 Å². The molecule has 1 atom stereocenters. The first kappa shape index (κ1) is 18.3. The molecule has 1 N–H and O–H groups in total. The molecule has 0 spiro atoms. The van der Waals surface area contributed by atoms with Crippen LogP contribution in [0.25, 0.3) is 4.96 Å². The summed E-state index contributed by atoms with van der Waals surface area (Å²) >= 11 is 1.54. The normalized spacial score (nSPS) is 15.5. The summed E-state index contributed by atoms with van der Waals surface area (Å²) in [4.78, 5) is 8.70. The molecule has 0 radical (unpaired) electrons. The van der Waals surface area contributed by atoms with E-state index in [2.05, 4.69) is 70.4 Å². The summed E-state index contributed by atoms with van der Waals surface area (Å²) in [7, 11) is 0. The van der Waals surface area contributed by atoms with Crippen molar-refractivity contribution in [3.8, 4) is 5.88 Å². The number of aromatic hydroxyl groups is 1. The minimum absolute atomic E-state index is 0.0261. The molecule has 29 heavy (non-hydrogen) atoms. The summed E-state index contributed by atoms with van der Waals surface area (Å²) in [6.07, 6.45) is 1.77. The Morgan fingerprint density at radius 1 is 1.14 bits per heavy atom. The van der Waals surface area contributed by atoms with Crippen LogP contribution in [0.2, 0.25) is 0 Å². The highest BCUT2D eigenvalue weighted by Crippen LogP contribution is 2.41. The van der Waals surface area contributed by atoms with Gasteiger partial charge in [0.1, 0.15) is 0 Å². The minimum atomic E-state index is -0.0261. The van der Waals surface area contributed by atoms with Crippen LogP contribution in [0.15, 0.2) is 48.5 Å². The van der Waals surface area contributed by atoms with Crippen molar-refractivity contribution in [1.82, 2.24) is 19.5 Å². The maximum absolute atomic E-state index is 11.1. The monoisotopic (exact) mass is 404 g/mol. The molecular weight excluding hydrogens is 380 g/mol. The van der Waals surface area contributed by atoms with Gasteiger partial charge in [0.2, 0.25) is 10.8 Å². The fourth-order valence-corrected chi connectivity index (χ4v) is 5.36. The molecule has 5 nitrogen and oxygen atoms in total. The van der Waals surface area contributed by atoms with E-state index in [0.29, 0.717) is 0 Å². The van der Waals surface area contributed by atoms with Gasteiger partial charge in [-0.3, -0.25) is 4.90 Å². The van der Waals surface area contributed by atoms with Crippen molar-refractivity contribution in [1.29, 1.82) is 0 Å². The quantitative estimate of drug-likeness (QED) is 0.544. The Kier molecular flexibility index (Phi) is 4.60. The van der Waals surface area contributed by atoms with Crippen LogP contribution in [0, 0.1) is 6.92 Å². The summed E-state index contributed by atoms with van der Waals surface area (Å²) in [6, 6.07) is 17.2. The van der Waals surface area contributed by atoms with Crippen molar-refractivity contribution in [2.75, 3.05) is 6.54 Å².